The molecule has 0 aliphatic heterocycles. The maximum atomic E-state index is 6.16. The van der Waals surface area contributed by atoms with Gasteiger partial charge in [-0.2, -0.15) is 0 Å². The summed E-state index contributed by atoms with van der Waals surface area (Å²) in [5, 5.41) is 0.996. The molecule has 21 heavy (non-hydrogen) atoms. The molecular weight excluding hydrogens is 377 g/mol. The van der Waals surface area contributed by atoms with E-state index in [-0.39, 0.29) is 0 Å². The minimum atomic E-state index is 0.307. The number of nitrogens with two attached hydrogens (primary N) is 1. The number of hydrogen-bond donors (Lipinski definition) is 1. The number of benzene rings is 2. The first-order chi connectivity index (χ1) is 10.0. The zero-order valence-corrected chi connectivity index (χ0v) is 14.4. The third-order valence-electron chi connectivity index (χ3n) is 2.90. The highest BCUT2D eigenvalue weighted by atomic mass is 79.9. The lowest BCUT2D eigenvalue weighted by Crippen LogP contribution is -2.03. The number of rotatable bonds is 5. The summed E-state index contributed by atoms with van der Waals surface area (Å²) >= 11 is 15.6. The van der Waals surface area contributed by atoms with Gasteiger partial charge in [0.1, 0.15) is 18.1 Å². The molecule has 0 atom stereocenters. The van der Waals surface area contributed by atoms with Gasteiger partial charge < -0.3 is 15.2 Å². The van der Waals surface area contributed by atoms with Crippen molar-refractivity contribution in [3.05, 3.63) is 56.0 Å². The Morgan fingerprint density at radius 2 is 1.95 bits per heavy atom. The van der Waals surface area contributed by atoms with Crippen LogP contribution in [-0.4, -0.2) is 7.11 Å². The lowest BCUT2D eigenvalue weighted by molar-refractivity contribution is 0.303. The van der Waals surface area contributed by atoms with Crippen molar-refractivity contribution >= 4 is 39.1 Å². The van der Waals surface area contributed by atoms with Crippen LogP contribution in [0.5, 0.6) is 11.5 Å². The van der Waals surface area contributed by atoms with Crippen LogP contribution in [0.2, 0.25) is 10.0 Å². The van der Waals surface area contributed by atoms with Crippen LogP contribution in [0.15, 0.2) is 34.8 Å². The molecule has 2 N–H and O–H groups in total. The van der Waals surface area contributed by atoms with Gasteiger partial charge in [0.2, 0.25) is 0 Å². The number of hydrogen-bond acceptors (Lipinski definition) is 3. The highest BCUT2D eigenvalue weighted by molar-refractivity contribution is 9.10. The lowest BCUT2D eigenvalue weighted by Gasteiger charge is -2.13. The van der Waals surface area contributed by atoms with E-state index >= 15 is 0 Å². The lowest BCUT2D eigenvalue weighted by atomic mass is 10.2. The Labute approximate surface area is 142 Å². The van der Waals surface area contributed by atoms with Crippen molar-refractivity contribution < 1.29 is 9.47 Å². The van der Waals surface area contributed by atoms with Crippen molar-refractivity contribution in [3.63, 3.8) is 0 Å². The second-order valence-electron chi connectivity index (χ2n) is 4.34. The first-order valence-electron chi connectivity index (χ1n) is 6.18. The van der Waals surface area contributed by atoms with Crippen LogP contribution < -0.4 is 15.2 Å². The molecule has 0 aliphatic rings. The van der Waals surface area contributed by atoms with E-state index in [1.807, 2.05) is 18.2 Å². The predicted molar refractivity (Wildman–Crippen MR) is 89.4 cm³/mol. The van der Waals surface area contributed by atoms with Crippen LogP contribution in [-0.2, 0) is 13.2 Å². The van der Waals surface area contributed by atoms with Crippen LogP contribution >= 0.6 is 39.1 Å². The number of methoxy groups -OCH3 is 1. The molecule has 6 heteroatoms. The minimum Gasteiger partial charge on any atom is -0.496 e. The highest BCUT2D eigenvalue weighted by Crippen LogP contribution is 2.33. The van der Waals surface area contributed by atoms with E-state index in [1.165, 1.54) is 0 Å². The summed E-state index contributed by atoms with van der Waals surface area (Å²) in [5.74, 6) is 1.33. The Balaban J connectivity index is 2.18. The fraction of sp³-hybridized carbons (Fsp3) is 0.200. The topological polar surface area (TPSA) is 44.5 Å². The Bertz CT molecular complexity index is 650. The molecule has 0 radical (unpaired) electrons. The fourth-order valence-corrected chi connectivity index (χ4v) is 3.06. The van der Waals surface area contributed by atoms with Gasteiger partial charge in [-0.25, -0.2) is 0 Å². The largest absolute Gasteiger partial charge is 0.496 e. The maximum Gasteiger partial charge on any atom is 0.142 e. The quantitative estimate of drug-likeness (QED) is 0.797. The molecule has 0 aliphatic carbocycles. The van der Waals surface area contributed by atoms with Crippen LogP contribution in [0.1, 0.15) is 11.1 Å². The van der Waals surface area contributed by atoms with Gasteiger partial charge in [0.05, 0.1) is 16.6 Å². The number of halogens is 3. The van der Waals surface area contributed by atoms with Gasteiger partial charge in [0.25, 0.3) is 0 Å². The van der Waals surface area contributed by atoms with Gasteiger partial charge in [-0.3, -0.25) is 0 Å². The molecule has 2 aromatic carbocycles. The first kappa shape index (κ1) is 16.4. The molecule has 0 bridgehead atoms. The van der Waals surface area contributed by atoms with Crippen molar-refractivity contribution in [3.8, 4) is 11.5 Å². The summed E-state index contributed by atoms with van der Waals surface area (Å²) in [6.07, 6.45) is 0. The molecule has 0 saturated heterocycles. The van der Waals surface area contributed by atoms with E-state index in [2.05, 4.69) is 15.9 Å². The molecule has 0 unspecified atom stereocenters. The molecular formula is C15H14BrCl2NO2. The summed E-state index contributed by atoms with van der Waals surface area (Å²) in [5.41, 5.74) is 7.46. The van der Waals surface area contributed by atoms with E-state index in [1.54, 1.807) is 19.2 Å². The monoisotopic (exact) mass is 389 g/mol. The maximum absolute atomic E-state index is 6.16. The Kier molecular flexibility index (Phi) is 5.76. The fourth-order valence-electron chi connectivity index (χ4n) is 1.88. The van der Waals surface area contributed by atoms with Gasteiger partial charge in [-0.05, 0) is 45.8 Å². The van der Waals surface area contributed by atoms with Crippen LogP contribution in [0.25, 0.3) is 0 Å². The standard InChI is InChI=1S/C15H14BrCl2NO2/c1-20-14-3-2-9(4-12(14)16)8-21-15-10(7-19)5-11(17)6-13(15)18/h2-6H,7-8,19H2,1H3. The summed E-state index contributed by atoms with van der Waals surface area (Å²) < 4.78 is 11.9. The molecule has 0 spiro atoms. The second kappa shape index (κ2) is 7.36. The second-order valence-corrected chi connectivity index (χ2v) is 6.04. The zero-order chi connectivity index (χ0) is 15.4. The van der Waals surface area contributed by atoms with Crippen LogP contribution in [0.3, 0.4) is 0 Å². The average molecular weight is 391 g/mol. The molecule has 2 rings (SSSR count). The van der Waals surface area contributed by atoms with Crippen LogP contribution in [0.4, 0.5) is 0 Å². The smallest absolute Gasteiger partial charge is 0.142 e. The third-order valence-corrected chi connectivity index (χ3v) is 4.02. The Hall–Kier alpha value is -0.940. The zero-order valence-electron chi connectivity index (χ0n) is 11.3. The van der Waals surface area contributed by atoms with Crippen molar-refractivity contribution in [1.29, 1.82) is 0 Å². The first-order valence-corrected chi connectivity index (χ1v) is 7.73. The molecule has 0 heterocycles. The van der Waals surface area contributed by atoms with Crippen molar-refractivity contribution in [2.45, 2.75) is 13.2 Å². The molecule has 112 valence electrons. The summed E-state index contributed by atoms with van der Waals surface area (Å²) in [7, 11) is 1.62. The summed E-state index contributed by atoms with van der Waals surface area (Å²) in [6.45, 7) is 0.679. The molecule has 0 saturated carbocycles. The van der Waals surface area contributed by atoms with E-state index in [4.69, 9.17) is 38.4 Å². The molecule has 0 aromatic heterocycles. The summed E-state index contributed by atoms with van der Waals surface area (Å²) in [4.78, 5) is 0. The minimum absolute atomic E-state index is 0.307. The van der Waals surface area contributed by atoms with Gasteiger partial charge >= 0.3 is 0 Å². The van der Waals surface area contributed by atoms with E-state index in [0.29, 0.717) is 28.9 Å². The Morgan fingerprint density at radius 3 is 2.57 bits per heavy atom. The summed E-state index contributed by atoms with van der Waals surface area (Å²) in [6, 6.07) is 9.13. The van der Waals surface area contributed by atoms with Gasteiger partial charge in [-0.15, -0.1) is 0 Å². The molecule has 2 aromatic rings. The van der Waals surface area contributed by atoms with E-state index < -0.39 is 0 Å². The van der Waals surface area contributed by atoms with Crippen molar-refractivity contribution in [2.75, 3.05) is 7.11 Å². The van der Waals surface area contributed by atoms with Crippen molar-refractivity contribution in [2.24, 2.45) is 5.73 Å². The highest BCUT2D eigenvalue weighted by Gasteiger charge is 2.10. The van der Waals surface area contributed by atoms with Gasteiger partial charge in [0, 0.05) is 17.1 Å². The molecule has 0 amide bonds. The van der Waals surface area contributed by atoms with Gasteiger partial charge in [-0.1, -0.05) is 29.3 Å². The van der Waals surface area contributed by atoms with Crippen LogP contribution in [0, 0.1) is 0 Å². The third kappa shape index (κ3) is 4.04. The van der Waals surface area contributed by atoms with E-state index in [9.17, 15) is 0 Å². The average Bonchev–Trinajstić information content (AvgIpc) is 2.45. The van der Waals surface area contributed by atoms with Gasteiger partial charge in [0.15, 0.2) is 0 Å². The van der Waals surface area contributed by atoms with Crippen molar-refractivity contribution in [1.82, 2.24) is 0 Å². The van der Waals surface area contributed by atoms with E-state index in [0.717, 1.165) is 21.3 Å². The molecule has 0 fully saturated rings. The number of ether oxygens (including phenoxy) is 2. The Morgan fingerprint density at radius 1 is 1.19 bits per heavy atom. The SMILES string of the molecule is COc1ccc(COc2c(Cl)cc(Cl)cc2CN)cc1Br. The normalized spacial score (nSPS) is 10.5. The predicted octanol–water partition coefficient (Wildman–Crippen LogP) is 4.80. The molecule has 3 nitrogen and oxygen atoms in total.